The summed E-state index contributed by atoms with van der Waals surface area (Å²) in [7, 11) is 1.73. The summed E-state index contributed by atoms with van der Waals surface area (Å²) in [6.07, 6.45) is 0. The van der Waals surface area contributed by atoms with Gasteiger partial charge in [-0.15, -0.1) is 0 Å². The minimum absolute atomic E-state index is 0.00332. The second-order valence-electron chi connectivity index (χ2n) is 6.15. The fraction of sp³-hybridized carbons (Fsp3) is 0.471. The molecule has 1 unspecified atom stereocenters. The number of halogens is 1. The molecule has 0 aliphatic heterocycles. The molecule has 0 aromatic heterocycles. The molecule has 0 heterocycles. The number of nitrogens with zero attached hydrogens (tertiary/aromatic N) is 1. The first-order valence-corrected chi connectivity index (χ1v) is 6.94. The van der Waals surface area contributed by atoms with Gasteiger partial charge in [0.25, 0.3) is 5.91 Å². The van der Waals surface area contributed by atoms with Crippen LogP contribution < -0.4 is 5.73 Å². The number of nitrogens with two attached hydrogens (primary N) is 1. The molecule has 1 amide bonds. The Hall–Kier alpha value is -1.86. The number of benzene rings is 1. The summed E-state index contributed by atoms with van der Waals surface area (Å²) in [5.41, 5.74) is 6.06. The van der Waals surface area contributed by atoms with Crippen LogP contribution in [0.5, 0.6) is 0 Å². The van der Waals surface area contributed by atoms with Gasteiger partial charge in [-0.05, 0) is 30.5 Å². The van der Waals surface area contributed by atoms with E-state index < -0.39 is 5.82 Å². The van der Waals surface area contributed by atoms with Crippen LogP contribution >= 0.6 is 0 Å². The summed E-state index contributed by atoms with van der Waals surface area (Å²) in [4.78, 5) is 14.3. The van der Waals surface area contributed by atoms with E-state index in [1.54, 1.807) is 11.9 Å². The molecule has 3 nitrogen and oxygen atoms in total. The third-order valence-electron chi connectivity index (χ3n) is 3.69. The van der Waals surface area contributed by atoms with Gasteiger partial charge in [-0.3, -0.25) is 4.79 Å². The van der Waals surface area contributed by atoms with Gasteiger partial charge in [-0.2, -0.15) is 0 Å². The fourth-order valence-corrected chi connectivity index (χ4v) is 1.90. The van der Waals surface area contributed by atoms with Crippen molar-refractivity contribution in [3.05, 3.63) is 35.1 Å². The number of hydrogen-bond acceptors (Lipinski definition) is 2. The summed E-state index contributed by atoms with van der Waals surface area (Å²) in [5.74, 6) is 4.84. The molecule has 0 bridgehead atoms. The van der Waals surface area contributed by atoms with Gasteiger partial charge in [0.2, 0.25) is 0 Å². The van der Waals surface area contributed by atoms with Crippen molar-refractivity contribution in [3.63, 3.8) is 0 Å². The van der Waals surface area contributed by atoms with Gasteiger partial charge in [0.05, 0.1) is 12.1 Å². The zero-order valence-corrected chi connectivity index (χ0v) is 13.3. The van der Waals surface area contributed by atoms with Gasteiger partial charge in [0.15, 0.2) is 0 Å². The monoisotopic (exact) mass is 290 g/mol. The van der Waals surface area contributed by atoms with Crippen molar-refractivity contribution in [2.24, 2.45) is 11.1 Å². The highest BCUT2D eigenvalue weighted by molar-refractivity contribution is 5.96. The standard InChI is InChI=1S/C17H23FN2O/c1-12(17(2,3)4)20(5)16(21)15-11-14(18)9-8-13(15)7-6-10-19/h8-9,11-12H,10,19H2,1-5H3. The van der Waals surface area contributed by atoms with Crippen LogP contribution in [0.15, 0.2) is 18.2 Å². The van der Waals surface area contributed by atoms with Crippen LogP contribution in [0.1, 0.15) is 43.6 Å². The van der Waals surface area contributed by atoms with Crippen LogP contribution in [0, 0.1) is 23.1 Å². The quantitative estimate of drug-likeness (QED) is 0.851. The molecule has 1 rings (SSSR count). The minimum atomic E-state index is -0.450. The van der Waals surface area contributed by atoms with E-state index in [9.17, 15) is 9.18 Å². The average molecular weight is 290 g/mol. The van der Waals surface area contributed by atoms with E-state index in [0.717, 1.165) is 0 Å². The molecule has 4 heteroatoms. The molecule has 21 heavy (non-hydrogen) atoms. The van der Waals surface area contributed by atoms with E-state index >= 15 is 0 Å². The second kappa shape index (κ2) is 6.73. The summed E-state index contributed by atoms with van der Waals surface area (Å²) < 4.78 is 13.5. The Labute approximate surface area is 126 Å². The molecule has 1 atom stereocenters. The highest BCUT2D eigenvalue weighted by atomic mass is 19.1. The predicted octanol–water partition coefficient (Wildman–Crippen LogP) is 2.64. The van der Waals surface area contributed by atoms with Crippen molar-refractivity contribution in [2.45, 2.75) is 33.7 Å². The topological polar surface area (TPSA) is 46.3 Å². The molecule has 0 saturated carbocycles. The molecule has 0 aliphatic rings. The van der Waals surface area contributed by atoms with E-state index in [1.807, 2.05) is 6.92 Å². The highest BCUT2D eigenvalue weighted by Gasteiger charge is 2.28. The lowest BCUT2D eigenvalue weighted by atomic mass is 9.86. The number of carbonyl (C=O) groups is 1. The molecule has 0 saturated heterocycles. The van der Waals surface area contributed by atoms with Gasteiger partial charge in [0.1, 0.15) is 5.82 Å². The van der Waals surface area contributed by atoms with Gasteiger partial charge < -0.3 is 10.6 Å². The van der Waals surface area contributed by atoms with Crippen LogP contribution in [-0.4, -0.2) is 30.4 Å². The Morgan fingerprint density at radius 2 is 2.05 bits per heavy atom. The molecule has 0 spiro atoms. The molecule has 2 N–H and O–H groups in total. The number of hydrogen-bond donors (Lipinski definition) is 1. The average Bonchev–Trinajstić information content (AvgIpc) is 2.42. The molecule has 0 aliphatic carbocycles. The Morgan fingerprint density at radius 1 is 1.43 bits per heavy atom. The second-order valence-corrected chi connectivity index (χ2v) is 6.15. The maximum Gasteiger partial charge on any atom is 0.255 e. The molecular formula is C17H23FN2O. The lowest BCUT2D eigenvalue weighted by Crippen LogP contribution is -2.43. The molecular weight excluding hydrogens is 267 g/mol. The predicted molar refractivity (Wildman–Crippen MR) is 83.3 cm³/mol. The summed E-state index contributed by atoms with van der Waals surface area (Å²) in [6.45, 7) is 8.34. The summed E-state index contributed by atoms with van der Waals surface area (Å²) in [6, 6.07) is 4.05. The SMILES string of the molecule is CC(N(C)C(=O)c1cc(F)ccc1C#CCN)C(C)(C)C. The molecule has 0 fully saturated rings. The molecule has 1 aromatic carbocycles. The van der Waals surface area contributed by atoms with Gasteiger partial charge >= 0.3 is 0 Å². The highest BCUT2D eigenvalue weighted by Crippen LogP contribution is 2.25. The van der Waals surface area contributed by atoms with Crippen LogP contribution in [0.3, 0.4) is 0 Å². The maximum atomic E-state index is 13.5. The van der Waals surface area contributed by atoms with Crippen molar-refractivity contribution >= 4 is 5.91 Å². The fourth-order valence-electron chi connectivity index (χ4n) is 1.90. The van der Waals surface area contributed by atoms with Crippen LogP contribution in [0.4, 0.5) is 4.39 Å². The third kappa shape index (κ3) is 4.30. The van der Waals surface area contributed by atoms with E-state index in [2.05, 4.69) is 32.6 Å². The van der Waals surface area contributed by atoms with Gasteiger partial charge in [-0.1, -0.05) is 32.6 Å². The van der Waals surface area contributed by atoms with E-state index in [1.165, 1.54) is 18.2 Å². The first-order chi connectivity index (χ1) is 9.68. The Kier molecular flexibility index (Phi) is 5.51. The summed E-state index contributed by atoms with van der Waals surface area (Å²) in [5, 5.41) is 0. The Bertz CT molecular complexity index is 579. The minimum Gasteiger partial charge on any atom is -0.338 e. The Morgan fingerprint density at radius 3 is 2.57 bits per heavy atom. The zero-order valence-electron chi connectivity index (χ0n) is 13.3. The van der Waals surface area contributed by atoms with Crippen LogP contribution in [-0.2, 0) is 0 Å². The summed E-state index contributed by atoms with van der Waals surface area (Å²) >= 11 is 0. The first kappa shape index (κ1) is 17.2. The van der Waals surface area contributed by atoms with Crippen molar-refractivity contribution in [2.75, 3.05) is 13.6 Å². The molecule has 0 radical (unpaired) electrons. The number of amides is 1. The smallest absolute Gasteiger partial charge is 0.255 e. The van der Waals surface area contributed by atoms with Crippen molar-refractivity contribution in [1.82, 2.24) is 4.90 Å². The molecule has 114 valence electrons. The lowest BCUT2D eigenvalue weighted by Gasteiger charge is -2.35. The largest absolute Gasteiger partial charge is 0.338 e. The third-order valence-corrected chi connectivity index (χ3v) is 3.69. The van der Waals surface area contributed by atoms with Crippen LogP contribution in [0.2, 0.25) is 0 Å². The molecule has 1 aromatic rings. The number of carbonyl (C=O) groups excluding carboxylic acids is 1. The van der Waals surface area contributed by atoms with Gasteiger partial charge in [0, 0.05) is 18.7 Å². The van der Waals surface area contributed by atoms with Gasteiger partial charge in [-0.25, -0.2) is 4.39 Å². The normalized spacial score (nSPS) is 12.3. The first-order valence-electron chi connectivity index (χ1n) is 6.94. The van der Waals surface area contributed by atoms with Crippen molar-refractivity contribution in [1.29, 1.82) is 0 Å². The Balaban J connectivity index is 3.20. The lowest BCUT2D eigenvalue weighted by molar-refractivity contribution is 0.0628. The maximum absolute atomic E-state index is 13.5. The van der Waals surface area contributed by atoms with Crippen molar-refractivity contribution < 1.29 is 9.18 Å². The van der Waals surface area contributed by atoms with E-state index in [0.29, 0.717) is 5.56 Å². The number of rotatable bonds is 2. The van der Waals surface area contributed by atoms with Crippen LogP contribution in [0.25, 0.3) is 0 Å². The van der Waals surface area contributed by atoms with E-state index in [-0.39, 0.29) is 29.5 Å². The van der Waals surface area contributed by atoms with E-state index in [4.69, 9.17) is 5.73 Å². The van der Waals surface area contributed by atoms with Crippen molar-refractivity contribution in [3.8, 4) is 11.8 Å². The zero-order chi connectivity index (χ0) is 16.2.